The Morgan fingerprint density at radius 3 is 2.68 bits per heavy atom. The summed E-state index contributed by atoms with van der Waals surface area (Å²) in [7, 11) is 0. The van der Waals surface area contributed by atoms with E-state index in [9.17, 15) is 5.11 Å². The molecule has 6 heteroatoms. The summed E-state index contributed by atoms with van der Waals surface area (Å²) in [5, 5.41) is 18.1. The first kappa shape index (κ1) is 19.6. The topological polar surface area (TPSA) is 75.0 Å². The molecule has 2 aliphatic rings. The van der Waals surface area contributed by atoms with Crippen LogP contribution >= 0.6 is 0 Å². The second-order valence-corrected chi connectivity index (χ2v) is 8.74. The summed E-state index contributed by atoms with van der Waals surface area (Å²) in [6.07, 6.45) is 12.7. The third-order valence-corrected chi connectivity index (χ3v) is 6.54. The van der Waals surface area contributed by atoms with Gasteiger partial charge in [-0.2, -0.15) is 4.98 Å². The van der Waals surface area contributed by atoms with E-state index in [-0.39, 0.29) is 6.10 Å². The van der Waals surface area contributed by atoms with Gasteiger partial charge < -0.3 is 20.3 Å². The first-order valence-electron chi connectivity index (χ1n) is 11.2. The van der Waals surface area contributed by atoms with Crippen LogP contribution in [0.5, 0.6) is 0 Å². The molecule has 0 spiro atoms. The molecule has 1 unspecified atom stereocenters. The van der Waals surface area contributed by atoms with Gasteiger partial charge in [0.15, 0.2) is 0 Å². The van der Waals surface area contributed by atoms with Crippen LogP contribution in [0.1, 0.15) is 82.7 Å². The van der Waals surface area contributed by atoms with Gasteiger partial charge in [-0.15, -0.1) is 0 Å². The quantitative estimate of drug-likeness (QED) is 0.701. The third kappa shape index (κ3) is 4.18. The summed E-state index contributed by atoms with van der Waals surface area (Å²) in [4.78, 5) is 9.63. The Hall–Kier alpha value is -1.66. The van der Waals surface area contributed by atoms with Crippen molar-refractivity contribution in [2.75, 3.05) is 18.4 Å². The number of nitrogens with zero attached hydrogens (tertiary/aromatic N) is 3. The fourth-order valence-electron chi connectivity index (χ4n) is 4.92. The van der Waals surface area contributed by atoms with Crippen LogP contribution in [0.15, 0.2) is 12.4 Å². The number of nitrogens with one attached hydrogen (secondary N) is 2. The van der Waals surface area contributed by atoms with Crippen LogP contribution in [-0.4, -0.2) is 44.9 Å². The van der Waals surface area contributed by atoms with Gasteiger partial charge in [-0.05, 0) is 76.4 Å². The molecule has 0 aromatic carbocycles. The average molecular weight is 386 g/mol. The smallest absolute Gasteiger partial charge is 0.224 e. The lowest BCUT2D eigenvalue weighted by Crippen LogP contribution is -2.26. The minimum absolute atomic E-state index is 0.135. The Morgan fingerprint density at radius 2 is 1.96 bits per heavy atom. The van der Waals surface area contributed by atoms with Gasteiger partial charge in [0.05, 0.1) is 6.10 Å². The second-order valence-electron chi connectivity index (χ2n) is 8.74. The van der Waals surface area contributed by atoms with Crippen molar-refractivity contribution in [1.29, 1.82) is 0 Å². The monoisotopic (exact) mass is 385 g/mol. The fraction of sp³-hybridized carbons (Fsp3) is 0.727. The normalized spacial score (nSPS) is 25.1. The minimum Gasteiger partial charge on any atom is -0.393 e. The highest BCUT2D eigenvalue weighted by Crippen LogP contribution is 2.37. The van der Waals surface area contributed by atoms with Crippen LogP contribution in [0, 0.1) is 0 Å². The van der Waals surface area contributed by atoms with Crippen molar-refractivity contribution in [3.63, 3.8) is 0 Å². The summed E-state index contributed by atoms with van der Waals surface area (Å²) in [6, 6.07) is 0.803. The summed E-state index contributed by atoms with van der Waals surface area (Å²) >= 11 is 0. The molecule has 1 aliphatic heterocycles. The molecule has 1 saturated carbocycles. The lowest BCUT2D eigenvalue weighted by molar-refractivity contribution is 0.111. The van der Waals surface area contributed by atoms with Crippen LogP contribution in [0.2, 0.25) is 0 Å². The second kappa shape index (κ2) is 8.78. The third-order valence-electron chi connectivity index (χ3n) is 6.54. The van der Waals surface area contributed by atoms with E-state index in [1.165, 1.54) is 23.8 Å². The number of fused-ring (bicyclic) bond motifs is 1. The zero-order valence-corrected chi connectivity index (χ0v) is 17.3. The van der Waals surface area contributed by atoms with E-state index in [1.54, 1.807) is 0 Å². The molecule has 6 nitrogen and oxygen atoms in total. The minimum atomic E-state index is -0.135. The van der Waals surface area contributed by atoms with E-state index in [0.717, 1.165) is 63.2 Å². The van der Waals surface area contributed by atoms with Gasteiger partial charge in [-0.25, -0.2) is 4.98 Å². The first-order valence-corrected chi connectivity index (χ1v) is 11.2. The van der Waals surface area contributed by atoms with E-state index in [4.69, 9.17) is 4.98 Å². The molecule has 1 atom stereocenters. The van der Waals surface area contributed by atoms with Crippen LogP contribution < -0.4 is 10.6 Å². The van der Waals surface area contributed by atoms with Crippen molar-refractivity contribution >= 4 is 17.0 Å². The van der Waals surface area contributed by atoms with Crippen molar-refractivity contribution in [3.8, 4) is 0 Å². The maximum Gasteiger partial charge on any atom is 0.224 e. The standard InChI is InChI=1S/C22H35N5O/c1-3-4-15(2)25-22-24-13-19-20(16-9-11-23-12-10-16)14-27(21(19)26-22)17-5-7-18(28)8-6-17/h13-18,23,28H,3-12H2,1-2H3,(H,24,25,26). The Bertz CT molecular complexity index is 775. The maximum absolute atomic E-state index is 9.94. The van der Waals surface area contributed by atoms with Crippen molar-refractivity contribution in [3.05, 3.63) is 18.0 Å². The van der Waals surface area contributed by atoms with Crippen LogP contribution in [0.25, 0.3) is 11.0 Å². The number of anilines is 1. The maximum atomic E-state index is 9.94. The molecule has 1 aliphatic carbocycles. The van der Waals surface area contributed by atoms with Gasteiger partial charge in [0.1, 0.15) is 5.65 Å². The molecule has 0 radical (unpaired) electrons. The van der Waals surface area contributed by atoms with Gasteiger partial charge in [-0.3, -0.25) is 0 Å². The number of aliphatic hydroxyl groups excluding tert-OH is 1. The number of rotatable bonds is 6. The van der Waals surface area contributed by atoms with E-state index in [0.29, 0.717) is 18.0 Å². The van der Waals surface area contributed by atoms with Crippen molar-refractivity contribution < 1.29 is 5.11 Å². The fourth-order valence-corrected chi connectivity index (χ4v) is 4.92. The van der Waals surface area contributed by atoms with Gasteiger partial charge in [0.25, 0.3) is 0 Å². The van der Waals surface area contributed by atoms with Gasteiger partial charge in [0.2, 0.25) is 5.95 Å². The summed E-state index contributed by atoms with van der Waals surface area (Å²) in [6.45, 7) is 6.57. The number of piperidine rings is 1. The summed E-state index contributed by atoms with van der Waals surface area (Å²) in [5.74, 6) is 1.32. The predicted octanol–water partition coefficient (Wildman–Crippen LogP) is 3.97. The number of aromatic nitrogens is 3. The van der Waals surface area contributed by atoms with E-state index in [2.05, 4.69) is 40.2 Å². The highest BCUT2D eigenvalue weighted by Gasteiger charge is 2.26. The molecule has 1 saturated heterocycles. The Morgan fingerprint density at radius 1 is 1.21 bits per heavy atom. The Kier molecular flexibility index (Phi) is 6.16. The lowest BCUT2D eigenvalue weighted by Gasteiger charge is -2.27. The van der Waals surface area contributed by atoms with Crippen LogP contribution in [-0.2, 0) is 0 Å². The van der Waals surface area contributed by atoms with Crippen molar-refractivity contribution in [2.45, 2.75) is 89.3 Å². The molecule has 3 heterocycles. The molecular weight excluding hydrogens is 350 g/mol. The lowest BCUT2D eigenvalue weighted by atomic mass is 9.90. The summed E-state index contributed by atoms with van der Waals surface area (Å²) < 4.78 is 2.40. The average Bonchev–Trinajstić information content (AvgIpc) is 3.08. The number of hydrogen-bond donors (Lipinski definition) is 3. The number of aliphatic hydroxyl groups is 1. The largest absolute Gasteiger partial charge is 0.393 e. The SMILES string of the molecule is CCCC(C)Nc1ncc2c(C3CCNCC3)cn(C3CCC(O)CC3)c2n1. The zero-order valence-electron chi connectivity index (χ0n) is 17.3. The van der Waals surface area contributed by atoms with Crippen molar-refractivity contribution in [1.82, 2.24) is 19.9 Å². The molecule has 2 aromatic rings. The van der Waals surface area contributed by atoms with Crippen molar-refractivity contribution in [2.24, 2.45) is 0 Å². The van der Waals surface area contributed by atoms with E-state index in [1.807, 2.05) is 6.20 Å². The first-order chi connectivity index (χ1) is 13.7. The molecule has 28 heavy (non-hydrogen) atoms. The summed E-state index contributed by atoms with van der Waals surface area (Å²) in [5.41, 5.74) is 2.48. The molecular formula is C22H35N5O. The molecule has 0 amide bonds. The van der Waals surface area contributed by atoms with Crippen LogP contribution in [0.4, 0.5) is 5.95 Å². The van der Waals surface area contributed by atoms with Crippen LogP contribution in [0.3, 0.4) is 0 Å². The predicted molar refractivity (Wildman–Crippen MR) is 114 cm³/mol. The Balaban J connectivity index is 1.69. The van der Waals surface area contributed by atoms with Gasteiger partial charge in [0, 0.05) is 29.9 Å². The van der Waals surface area contributed by atoms with E-state index < -0.39 is 0 Å². The Labute approximate surface area is 168 Å². The van der Waals surface area contributed by atoms with E-state index >= 15 is 0 Å². The zero-order chi connectivity index (χ0) is 19.5. The molecule has 2 aromatic heterocycles. The number of hydrogen-bond acceptors (Lipinski definition) is 5. The highest BCUT2D eigenvalue weighted by atomic mass is 16.3. The van der Waals surface area contributed by atoms with Gasteiger partial charge in [-0.1, -0.05) is 13.3 Å². The molecule has 2 fully saturated rings. The van der Waals surface area contributed by atoms with Gasteiger partial charge >= 0.3 is 0 Å². The molecule has 3 N–H and O–H groups in total. The molecule has 4 rings (SSSR count). The molecule has 154 valence electrons. The highest BCUT2D eigenvalue weighted by molar-refractivity contribution is 5.81. The molecule has 0 bridgehead atoms.